The Bertz CT molecular complexity index is 782. The summed E-state index contributed by atoms with van der Waals surface area (Å²) in [6, 6.07) is 15.8. The predicted molar refractivity (Wildman–Crippen MR) is 140 cm³/mol. The minimum absolute atomic E-state index is 0.0477. The van der Waals surface area contributed by atoms with Crippen molar-refractivity contribution < 1.29 is 19.4 Å². The number of aliphatic hydroxyl groups excluding tert-OH is 1. The summed E-state index contributed by atoms with van der Waals surface area (Å²) in [4.78, 5) is 12.4. The van der Waals surface area contributed by atoms with Crippen LogP contribution in [0.4, 0.5) is 0 Å². The molecule has 0 aliphatic heterocycles. The lowest BCUT2D eigenvalue weighted by Gasteiger charge is -2.13. The van der Waals surface area contributed by atoms with Crippen molar-refractivity contribution in [3.05, 3.63) is 54.1 Å². The van der Waals surface area contributed by atoms with Gasteiger partial charge in [-0.25, -0.2) is 4.79 Å². The zero-order valence-electron chi connectivity index (χ0n) is 21.3. The highest BCUT2D eigenvalue weighted by Crippen LogP contribution is 2.23. The molecule has 0 saturated carbocycles. The highest BCUT2D eigenvalue weighted by Gasteiger charge is 2.12. The average Bonchev–Trinajstić information content (AvgIpc) is 2.86. The predicted octanol–water partition coefficient (Wildman–Crippen LogP) is 7.97. The minimum Gasteiger partial charge on any atom is -0.494 e. The smallest absolute Gasteiger partial charge is 0.338 e. The monoisotopic (exact) mass is 468 g/mol. The lowest BCUT2D eigenvalue weighted by atomic mass is 10.0. The molecule has 0 aromatic heterocycles. The second kappa shape index (κ2) is 17.2. The third-order valence-electron chi connectivity index (χ3n) is 6.15. The van der Waals surface area contributed by atoms with Gasteiger partial charge in [-0.1, -0.05) is 82.6 Å². The second-order valence-corrected chi connectivity index (χ2v) is 9.21. The number of rotatable bonds is 18. The summed E-state index contributed by atoms with van der Waals surface area (Å²) in [5.74, 6) is 0.642. The van der Waals surface area contributed by atoms with E-state index < -0.39 is 0 Å². The molecule has 4 nitrogen and oxygen atoms in total. The number of aliphatic hydroxyl groups is 1. The summed E-state index contributed by atoms with van der Waals surface area (Å²) < 4.78 is 11.5. The Balaban J connectivity index is 1.70. The van der Waals surface area contributed by atoms with E-state index >= 15 is 0 Å². The molecule has 0 radical (unpaired) electrons. The molecular weight excluding hydrogens is 424 g/mol. The van der Waals surface area contributed by atoms with Crippen LogP contribution in [-0.2, 0) is 4.74 Å². The molecule has 0 saturated heterocycles. The van der Waals surface area contributed by atoms with E-state index in [9.17, 15) is 4.79 Å². The van der Waals surface area contributed by atoms with Gasteiger partial charge in [-0.2, -0.15) is 0 Å². The first-order valence-electron chi connectivity index (χ1n) is 13.3. The number of esters is 1. The summed E-state index contributed by atoms with van der Waals surface area (Å²) in [5.41, 5.74) is 2.76. The quantitative estimate of drug-likeness (QED) is 0.178. The molecule has 2 aromatic rings. The Morgan fingerprint density at radius 2 is 1.32 bits per heavy atom. The summed E-state index contributed by atoms with van der Waals surface area (Å²) in [7, 11) is 0. The van der Waals surface area contributed by atoms with Crippen LogP contribution in [0.2, 0.25) is 0 Å². The molecule has 1 atom stereocenters. The number of hydrogen-bond donors (Lipinski definition) is 1. The molecule has 4 heteroatoms. The third-order valence-corrected chi connectivity index (χ3v) is 6.15. The molecular formula is C30H44O4. The average molecular weight is 469 g/mol. The van der Waals surface area contributed by atoms with Gasteiger partial charge in [-0.05, 0) is 68.0 Å². The molecule has 0 unspecified atom stereocenters. The maximum absolute atomic E-state index is 12.4. The number of ether oxygens (including phenoxy) is 2. The van der Waals surface area contributed by atoms with Crippen molar-refractivity contribution in [3.63, 3.8) is 0 Å². The van der Waals surface area contributed by atoms with Gasteiger partial charge < -0.3 is 14.6 Å². The fraction of sp³-hybridized carbons (Fsp3) is 0.567. The fourth-order valence-electron chi connectivity index (χ4n) is 4.00. The Morgan fingerprint density at radius 3 is 1.94 bits per heavy atom. The van der Waals surface area contributed by atoms with Gasteiger partial charge in [-0.3, -0.25) is 0 Å². The van der Waals surface area contributed by atoms with E-state index in [1.165, 1.54) is 44.9 Å². The Morgan fingerprint density at radius 1 is 0.765 bits per heavy atom. The van der Waals surface area contributed by atoms with Gasteiger partial charge in [0.2, 0.25) is 0 Å². The van der Waals surface area contributed by atoms with Gasteiger partial charge in [0, 0.05) is 6.61 Å². The highest BCUT2D eigenvalue weighted by molar-refractivity contribution is 5.90. The molecule has 0 aliphatic carbocycles. The van der Waals surface area contributed by atoms with Gasteiger partial charge in [0.15, 0.2) is 0 Å². The Labute approximate surface area is 206 Å². The van der Waals surface area contributed by atoms with Crippen molar-refractivity contribution in [3.8, 4) is 16.9 Å². The maximum atomic E-state index is 12.4. The van der Waals surface area contributed by atoms with Crippen LogP contribution in [0, 0.1) is 0 Å². The Hall–Kier alpha value is -2.33. The van der Waals surface area contributed by atoms with Gasteiger partial charge in [0.05, 0.1) is 18.3 Å². The number of hydrogen-bond acceptors (Lipinski definition) is 4. The molecule has 188 valence electrons. The van der Waals surface area contributed by atoms with Gasteiger partial charge in [0.1, 0.15) is 5.75 Å². The van der Waals surface area contributed by atoms with Crippen LogP contribution < -0.4 is 4.74 Å². The van der Waals surface area contributed by atoms with Gasteiger partial charge >= 0.3 is 5.97 Å². The zero-order chi connectivity index (χ0) is 24.4. The molecule has 0 aliphatic rings. The summed E-state index contributed by atoms with van der Waals surface area (Å²) in [6.45, 7) is 5.22. The first kappa shape index (κ1) is 27.9. The normalized spacial score (nSPS) is 11.9. The first-order valence-corrected chi connectivity index (χ1v) is 13.3. The van der Waals surface area contributed by atoms with Crippen molar-refractivity contribution in [2.75, 3.05) is 13.2 Å². The topological polar surface area (TPSA) is 55.8 Å². The molecule has 0 heterocycles. The van der Waals surface area contributed by atoms with Crippen LogP contribution in [0.5, 0.6) is 5.75 Å². The molecule has 0 fully saturated rings. The van der Waals surface area contributed by atoms with E-state index in [1.54, 1.807) is 0 Å². The first-order chi connectivity index (χ1) is 16.6. The van der Waals surface area contributed by atoms with E-state index in [1.807, 2.05) is 43.3 Å². The largest absolute Gasteiger partial charge is 0.494 e. The van der Waals surface area contributed by atoms with E-state index in [0.29, 0.717) is 12.2 Å². The molecule has 1 N–H and O–H groups in total. The SMILES string of the molecule is CCCCCC[C@@H](C)OC(=O)c1ccc(-c2ccc(OCCCCCCCCCO)cc2)cc1. The summed E-state index contributed by atoms with van der Waals surface area (Å²) in [5, 5.41) is 8.79. The van der Waals surface area contributed by atoms with Crippen LogP contribution >= 0.6 is 0 Å². The Kier molecular flexibility index (Phi) is 14.1. The van der Waals surface area contributed by atoms with Crippen molar-refractivity contribution >= 4 is 5.97 Å². The molecule has 34 heavy (non-hydrogen) atoms. The standard InChI is InChI=1S/C30H44O4/c1-3-4-5-11-14-25(2)34-30(32)28-17-15-26(16-18-28)27-19-21-29(22-20-27)33-24-13-10-8-6-7-9-12-23-31/h15-22,25,31H,3-14,23-24H2,1-2H3/t25-/m1/s1. The highest BCUT2D eigenvalue weighted by atomic mass is 16.5. The van der Waals surface area contributed by atoms with E-state index in [4.69, 9.17) is 14.6 Å². The van der Waals surface area contributed by atoms with E-state index in [0.717, 1.165) is 55.6 Å². The van der Waals surface area contributed by atoms with Crippen molar-refractivity contribution in [2.45, 2.75) is 97.0 Å². The maximum Gasteiger partial charge on any atom is 0.338 e. The third kappa shape index (κ3) is 11.2. The second-order valence-electron chi connectivity index (χ2n) is 9.21. The summed E-state index contributed by atoms with van der Waals surface area (Å²) >= 11 is 0. The van der Waals surface area contributed by atoms with E-state index in [2.05, 4.69) is 19.1 Å². The van der Waals surface area contributed by atoms with Gasteiger partial charge in [0.25, 0.3) is 0 Å². The van der Waals surface area contributed by atoms with Crippen LogP contribution in [0.15, 0.2) is 48.5 Å². The minimum atomic E-state index is -0.247. The van der Waals surface area contributed by atoms with Crippen LogP contribution in [0.25, 0.3) is 11.1 Å². The lowest BCUT2D eigenvalue weighted by Crippen LogP contribution is -2.15. The molecule has 0 spiro atoms. The lowest BCUT2D eigenvalue weighted by molar-refractivity contribution is 0.0319. The van der Waals surface area contributed by atoms with Crippen LogP contribution in [0.3, 0.4) is 0 Å². The van der Waals surface area contributed by atoms with Crippen LogP contribution in [0.1, 0.15) is 101 Å². The molecule has 0 amide bonds. The number of unbranched alkanes of at least 4 members (excludes halogenated alkanes) is 9. The number of carbonyl (C=O) groups is 1. The molecule has 0 bridgehead atoms. The zero-order valence-corrected chi connectivity index (χ0v) is 21.3. The van der Waals surface area contributed by atoms with E-state index in [-0.39, 0.29) is 12.1 Å². The van der Waals surface area contributed by atoms with Crippen molar-refractivity contribution in [1.29, 1.82) is 0 Å². The fourth-order valence-corrected chi connectivity index (χ4v) is 4.00. The summed E-state index contributed by atoms with van der Waals surface area (Å²) in [6.07, 6.45) is 13.6. The van der Waals surface area contributed by atoms with Gasteiger partial charge in [-0.15, -0.1) is 0 Å². The number of benzene rings is 2. The molecule has 2 rings (SSSR count). The molecule has 2 aromatic carbocycles. The number of carbonyl (C=O) groups excluding carboxylic acids is 1. The van der Waals surface area contributed by atoms with Crippen molar-refractivity contribution in [1.82, 2.24) is 0 Å². The van der Waals surface area contributed by atoms with Crippen molar-refractivity contribution in [2.24, 2.45) is 0 Å². The van der Waals surface area contributed by atoms with Crippen LogP contribution in [-0.4, -0.2) is 30.4 Å².